The lowest BCUT2D eigenvalue weighted by molar-refractivity contribution is 0.0600. The van der Waals surface area contributed by atoms with E-state index >= 15 is 0 Å². The number of hydrogen-bond donors (Lipinski definition) is 0. The van der Waals surface area contributed by atoms with Gasteiger partial charge < -0.3 is 13.7 Å². The number of nitrogens with zero attached hydrogens (tertiary/aromatic N) is 2. The molecule has 0 aliphatic carbocycles. The van der Waals surface area contributed by atoms with Crippen LogP contribution in [0.25, 0.3) is 11.0 Å². The van der Waals surface area contributed by atoms with Gasteiger partial charge in [0.05, 0.1) is 29.7 Å². The molecule has 1 atom stereocenters. The lowest BCUT2D eigenvalue weighted by atomic mass is 9.97. The topological polar surface area (TPSA) is 103 Å². The standard InChI is InChI=1S/C23H15ClN2O6/c1-11-9-17(25-32-11)26-19(12-3-5-13(6-4-12)23(29)30-2)18-20(27)15-10-14(24)7-8-16(15)31-21(18)22(26)28/h3-10,19H,1-2H3/t19-/m1/s1. The Hall–Kier alpha value is -3.91. The van der Waals surface area contributed by atoms with Gasteiger partial charge in [0.2, 0.25) is 5.76 Å². The maximum Gasteiger partial charge on any atom is 0.337 e. The number of esters is 1. The quantitative estimate of drug-likeness (QED) is 0.429. The van der Waals surface area contributed by atoms with E-state index in [0.717, 1.165) is 0 Å². The van der Waals surface area contributed by atoms with Crippen molar-refractivity contribution in [2.75, 3.05) is 12.0 Å². The molecule has 9 heteroatoms. The number of methoxy groups -OCH3 is 1. The molecule has 4 aromatic rings. The van der Waals surface area contributed by atoms with Crippen molar-refractivity contribution in [2.45, 2.75) is 13.0 Å². The number of aromatic nitrogens is 1. The van der Waals surface area contributed by atoms with Crippen molar-refractivity contribution in [3.63, 3.8) is 0 Å². The van der Waals surface area contributed by atoms with E-state index < -0.39 is 17.9 Å². The van der Waals surface area contributed by atoms with E-state index in [1.807, 2.05) is 0 Å². The van der Waals surface area contributed by atoms with Gasteiger partial charge >= 0.3 is 5.97 Å². The molecular formula is C23H15ClN2O6. The van der Waals surface area contributed by atoms with Gasteiger partial charge in [-0.1, -0.05) is 28.9 Å². The highest BCUT2D eigenvalue weighted by Gasteiger charge is 2.44. The van der Waals surface area contributed by atoms with E-state index in [4.69, 9.17) is 25.3 Å². The fourth-order valence-corrected chi connectivity index (χ4v) is 4.06. The molecule has 160 valence electrons. The largest absolute Gasteiger partial charge is 0.465 e. The Morgan fingerprint density at radius 3 is 2.53 bits per heavy atom. The third kappa shape index (κ3) is 2.99. The van der Waals surface area contributed by atoms with Gasteiger partial charge in [-0.2, -0.15) is 0 Å². The van der Waals surface area contributed by atoms with Crippen molar-refractivity contribution in [1.29, 1.82) is 0 Å². The molecule has 1 aliphatic heterocycles. The van der Waals surface area contributed by atoms with Crippen molar-refractivity contribution in [2.24, 2.45) is 0 Å². The van der Waals surface area contributed by atoms with E-state index in [1.165, 1.54) is 18.1 Å². The van der Waals surface area contributed by atoms with Gasteiger partial charge in [0.25, 0.3) is 5.91 Å². The van der Waals surface area contributed by atoms with Gasteiger partial charge in [0.1, 0.15) is 11.3 Å². The van der Waals surface area contributed by atoms with Crippen molar-refractivity contribution in [1.82, 2.24) is 5.16 Å². The van der Waals surface area contributed by atoms with Crippen LogP contribution in [0.15, 0.2) is 62.3 Å². The predicted molar refractivity (Wildman–Crippen MR) is 115 cm³/mol. The summed E-state index contributed by atoms with van der Waals surface area (Å²) in [4.78, 5) is 40.1. The highest BCUT2D eigenvalue weighted by molar-refractivity contribution is 6.31. The monoisotopic (exact) mass is 450 g/mol. The van der Waals surface area contributed by atoms with Gasteiger partial charge in [-0.05, 0) is 42.8 Å². The predicted octanol–water partition coefficient (Wildman–Crippen LogP) is 4.28. The first-order valence-electron chi connectivity index (χ1n) is 9.60. The zero-order valence-electron chi connectivity index (χ0n) is 16.9. The maximum atomic E-state index is 13.5. The molecule has 0 bridgehead atoms. The zero-order chi connectivity index (χ0) is 22.6. The van der Waals surface area contributed by atoms with Crippen molar-refractivity contribution in [3.8, 4) is 0 Å². The minimum absolute atomic E-state index is 0.0764. The maximum absolute atomic E-state index is 13.5. The first-order chi connectivity index (χ1) is 15.4. The summed E-state index contributed by atoms with van der Waals surface area (Å²) in [6, 6.07) is 11.8. The Labute approximate surface area is 185 Å². The van der Waals surface area contributed by atoms with Crippen LogP contribution in [0, 0.1) is 6.92 Å². The van der Waals surface area contributed by atoms with Crippen LogP contribution in [0.4, 0.5) is 5.82 Å². The molecule has 8 nitrogen and oxygen atoms in total. The minimum Gasteiger partial charge on any atom is -0.465 e. The Balaban J connectivity index is 1.76. The molecule has 3 heterocycles. The number of hydrogen-bond acceptors (Lipinski definition) is 7. The van der Waals surface area contributed by atoms with Crippen LogP contribution < -0.4 is 10.3 Å². The van der Waals surface area contributed by atoms with E-state index in [1.54, 1.807) is 49.4 Å². The molecular weight excluding hydrogens is 436 g/mol. The minimum atomic E-state index is -0.840. The highest BCUT2D eigenvalue weighted by Crippen LogP contribution is 2.41. The molecule has 32 heavy (non-hydrogen) atoms. The average molecular weight is 451 g/mol. The van der Waals surface area contributed by atoms with Gasteiger partial charge in [-0.3, -0.25) is 14.5 Å². The van der Waals surface area contributed by atoms with Crippen LogP contribution in [-0.2, 0) is 4.74 Å². The SMILES string of the molecule is COC(=O)c1ccc([C@@H]2c3c(oc4ccc(Cl)cc4c3=O)C(=O)N2c2cc(C)on2)cc1. The van der Waals surface area contributed by atoms with Crippen LogP contribution in [0.2, 0.25) is 5.02 Å². The van der Waals surface area contributed by atoms with Crippen LogP contribution >= 0.6 is 11.6 Å². The summed E-state index contributed by atoms with van der Waals surface area (Å²) in [5, 5.41) is 4.61. The highest BCUT2D eigenvalue weighted by atomic mass is 35.5. The second-order valence-corrected chi connectivity index (χ2v) is 7.74. The van der Waals surface area contributed by atoms with Crippen LogP contribution in [0.3, 0.4) is 0 Å². The number of benzene rings is 2. The number of aryl methyl sites for hydroxylation is 1. The summed E-state index contributed by atoms with van der Waals surface area (Å²) in [7, 11) is 1.29. The number of halogens is 1. The number of rotatable bonds is 3. The number of amides is 1. The van der Waals surface area contributed by atoms with Gasteiger partial charge in [-0.25, -0.2) is 4.79 Å². The first-order valence-corrected chi connectivity index (χ1v) is 9.98. The summed E-state index contributed by atoms with van der Waals surface area (Å²) in [6.07, 6.45) is 0. The third-order valence-corrected chi connectivity index (χ3v) is 5.58. The lowest BCUT2D eigenvalue weighted by Gasteiger charge is -2.22. The molecule has 1 aliphatic rings. The number of ether oxygens (including phenoxy) is 1. The average Bonchev–Trinajstić information content (AvgIpc) is 3.35. The molecule has 2 aromatic heterocycles. The Kier molecular flexibility index (Phi) is 4.60. The molecule has 0 N–H and O–H groups in total. The van der Waals surface area contributed by atoms with E-state index in [9.17, 15) is 14.4 Å². The molecule has 0 saturated carbocycles. The van der Waals surface area contributed by atoms with Crippen molar-refractivity contribution >= 4 is 40.3 Å². The van der Waals surface area contributed by atoms with Gasteiger partial charge in [-0.15, -0.1) is 0 Å². The van der Waals surface area contributed by atoms with E-state index in [0.29, 0.717) is 21.9 Å². The zero-order valence-corrected chi connectivity index (χ0v) is 17.7. The number of carbonyl (C=O) groups excluding carboxylic acids is 2. The third-order valence-electron chi connectivity index (χ3n) is 5.34. The molecule has 0 saturated heterocycles. The molecule has 5 rings (SSSR count). The van der Waals surface area contributed by atoms with E-state index in [-0.39, 0.29) is 33.5 Å². The number of anilines is 1. The lowest BCUT2D eigenvalue weighted by Crippen LogP contribution is -2.29. The van der Waals surface area contributed by atoms with Crippen LogP contribution in [0.1, 0.15) is 43.8 Å². The summed E-state index contributed by atoms with van der Waals surface area (Å²) >= 11 is 6.09. The van der Waals surface area contributed by atoms with Gasteiger partial charge in [0.15, 0.2) is 11.2 Å². The second kappa shape index (κ2) is 7.35. The first kappa shape index (κ1) is 20.0. The summed E-state index contributed by atoms with van der Waals surface area (Å²) in [6.45, 7) is 1.70. The summed E-state index contributed by atoms with van der Waals surface area (Å²) < 4.78 is 15.8. The molecule has 1 amide bonds. The van der Waals surface area contributed by atoms with Crippen molar-refractivity contribution < 1.29 is 23.3 Å². The Bertz CT molecular complexity index is 1450. The molecule has 0 fully saturated rings. The van der Waals surface area contributed by atoms with Crippen molar-refractivity contribution in [3.05, 3.63) is 92.0 Å². The second-order valence-electron chi connectivity index (χ2n) is 7.30. The van der Waals surface area contributed by atoms with Crippen LogP contribution in [0.5, 0.6) is 0 Å². The Morgan fingerprint density at radius 1 is 1.12 bits per heavy atom. The molecule has 0 spiro atoms. The number of fused-ring (bicyclic) bond motifs is 2. The molecule has 2 aromatic carbocycles. The fourth-order valence-electron chi connectivity index (χ4n) is 3.88. The normalized spacial score (nSPS) is 15.3. The smallest absolute Gasteiger partial charge is 0.337 e. The summed E-state index contributed by atoms with van der Waals surface area (Å²) in [5.74, 6) is -0.359. The van der Waals surface area contributed by atoms with Crippen LogP contribution in [-0.4, -0.2) is 24.1 Å². The summed E-state index contributed by atoms with van der Waals surface area (Å²) in [5.41, 5.74) is 0.962. The number of carbonyl (C=O) groups is 2. The molecule has 0 unspecified atom stereocenters. The van der Waals surface area contributed by atoms with E-state index in [2.05, 4.69) is 5.16 Å². The molecule has 0 radical (unpaired) electrons. The fraction of sp³-hybridized carbons (Fsp3) is 0.130. The van der Waals surface area contributed by atoms with Gasteiger partial charge in [0, 0.05) is 11.1 Å². The Morgan fingerprint density at radius 2 is 1.88 bits per heavy atom.